The van der Waals surface area contributed by atoms with Gasteiger partial charge in [-0.25, -0.2) is 9.97 Å². The van der Waals surface area contributed by atoms with E-state index in [1.807, 2.05) is 0 Å². The van der Waals surface area contributed by atoms with Crippen molar-refractivity contribution in [1.29, 1.82) is 0 Å². The minimum Gasteiger partial charge on any atom is -0.381 e. The molecule has 88 valence electrons. The van der Waals surface area contributed by atoms with Gasteiger partial charge in [-0.2, -0.15) is 9.90 Å². The van der Waals surface area contributed by atoms with E-state index in [-0.39, 0.29) is 0 Å². The molecule has 0 amide bonds. The second kappa shape index (κ2) is 4.00. The van der Waals surface area contributed by atoms with Crippen molar-refractivity contribution in [2.24, 2.45) is 0 Å². The van der Waals surface area contributed by atoms with Gasteiger partial charge in [-0.15, -0.1) is 5.10 Å². The maximum Gasteiger partial charge on any atom is 0.225 e. The Morgan fingerprint density at radius 3 is 2.47 bits per heavy atom. The molecule has 2 aromatic heterocycles. The molecule has 2 aromatic rings. The molecule has 7 nitrogen and oxygen atoms in total. The number of nitrogens with two attached hydrogens (primary N) is 1. The summed E-state index contributed by atoms with van der Waals surface area (Å²) in [6, 6.07) is 0. The highest BCUT2D eigenvalue weighted by Gasteiger charge is 2.16. The lowest BCUT2D eigenvalue weighted by molar-refractivity contribution is 0.583. The van der Waals surface area contributed by atoms with E-state index < -0.39 is 0 Å². The molecule has 0 spiro atoms. The quantitative estimate of drug-likeness (QED) is 0.794. The molecule has 0 bridgehead atoms. The van der Waals surface area contributed by atoms with Crippen LogP contribution in [-0.2, 0) is 6.54 Å². The fourth-order valence-electron chi connectivity index (χ4n) is 1.66. The number of nitrogen functional groups attached to an aromatic ring is 1. The molecule has 7 heteroatoms. The summed E-state index contributed by atoms with van der Waals surface area (Å²) in [6.45, 7) is 2.64. The predicted molar refractivity (Wildman–Crippen MR) is 62.4 cm³/mol. The minimum atomic E-state index is 0.420. The van der Waals surface area contributed by atoms with E-state index in [1.165, 1.54) is 17.4 Å². The van der Waals surface area contributed by atoms with Gasteiger partial charge in [-0.1, -0.05) is 0 Å². The summed E-state index contributed by atoms with van der Waals surface area (Å²) >= 11 is 0. The van der Waals surface area contributed by atoms with Crippen molar-refractivity contribution < 1.29 is 0 Å². The number of hydrogen-bond acceptors (Lipinski definition) is 6. The average molecular weight is 231 g/mol. The predicted octanol–water partition coefficient (Wildman–Crippen LogP) is -0.0913. The summed E-state index contributed by atoms with van der Waals surface area (Å²) in [4.78, 5) is 12.3. The van der Waals surface area contributed by atoms with Gasteiger partial charge in [0.2, 0.25) is 5.95 Å². The van der Waals surface area contributed by atoms with E-state index in [0.717, 1.165) is 24.6 Å². The topological polar surface area (TPSA) is 85.8 Å². The second-order valence-electron chi connectivity index (χ2n) is 4.03. The van der Waals surface area contributed by atoms with E-state index in [0.29, 0.717) is 12.4 Å². The molecular weight excluding hydrogens is 218 g/mol. The zero-order chi connectivity index (χ0) is 11.7. The molecule has 1 saturated heterocycles. The van der Waals surface area contributed by atoms with Crippen molar-refractivity contribution in [1.82, 2.24) is 25.0 Å². The molecule has 0 aromatic carbocycles. The van der Waals surface area contributed by atoms with Crippen molar-refractivity contribution in [2.75, 3.05) is 23.7 Å². The molecule has 3 heterocycles. The Morgan fingerprint density at radius 2 is 1.94 bits per heavy atom. The normalized spacial score (nSPS) is 14.7. The monoisotopic (exact) mass is 231 g/mol. The van der Waals surface area contributed by atoms with Crippen molar-refractivity contribution in [3.8, 4) is 0 Å². The van der Waals surface area contributed by atoms with Crippen LogP contribution >= 0.6 is 0 Å². The zero-order valence-corrected chi connectivity index (χ0v) is 9.32. The Morgan fingerprint density at radius 1 is 1.18 bits per heavy atom. The Kier molecular flexibility index (Phi) is 2.36. The van der Waals surface area contributed by atoms with Crippen LogP contribution in [-0.4, -0.2) is 38.1 Å². The molecule has 0 saturated carbocycles. The van der Waals surface area contributed by atoms with Gasteiger partial charge in [0.05, 0.1) is 12.7 Å². The van der Waals surface area contributed by atoms with E-state index in [2.05, 4.69) is 25.1 Å². The summed E-state index contributed by atoms with van der Waals surface area (Å²) in [6.07, 6.45) is 6.36. The van der Waals surface area contributed by atoms with Crippen LogP contribution in [0.2, 0.25) is 0 Å². The van der Waals surface area contributed by atoms with Crippen LogP contribution < -0.4 is 10.6 Å². The van der Waals surface area contributed by atoms with Crippen LogP contribution in [0.4, 0.5) is 11.8 Å². The molecule has 2 N–H and O–H groups in total. The van der Waals surface area contributed by atoms with E-state index in [1.54, 1.807) is 12.4 Å². The Bertz CT molecular complexity index is 500. The molecule has 3 rings (SSSR count). The van der Waals surface area contributed by atoms with Crippen LogP contribution in [0.3, 0.4) is 0 Å². The third-order valence-electron chi connectivity index (χ3n) is 2.71. The number of anilines is 2. The van der Waals surface area contributed by atoms with Crippen LogP contribution in [0.1, 0.15) is 12.0 Å². The maximum atomic E-state index is 5.49. The number of nitrogens with zero attached hydrogens (tertiary/aromatic N) is 6. The lowest BCUT2D eigenvalue weighted by Crippen LogP contribution is -2.38. The van der Waals surface area contributed by atoms with Gasteiger partial charge >= 0.3 is 0 Å². The molecule has 1 fully saturated rings. The SMILES string of the molecule is Nc1cnn(Cc2cnc(N3CCC3)nc2)n1. The maximum absolute atomic E-state index is 5.49. The molecular formula is C10H13N7. The van der Waals surface area contributed by atoms with Gasteiger partial charge in [0.25, 0.3) is 0 Å². The van der Waals surface area contributed by atoms with Crippen LogP contribution in [0, 0.1) is 0 Å². The summed E-state index contributed by atoms with van der Waals surface area (Å²) in [7, 11) is 0. The smallest absolute Gasteiger partial charge is 0.225 e. The molecule has 0 aliphatic carbocycles. The van der Waals surface area contributed by atoms with E-state index in [9.17, 15) is 0 Å². The highest BCUT2D eigenvalue weighted by Crippen LogP contribution is 2.14. The number of hydrogen-bond donors (Lipinski definition) is 1. The largest absolute Gasteiger partial charge is 0.381 e. The van der Waals surface area contributed by atoms with Gasteiger partial charge in [-0.3, -0.25) is 0 Å². The Hall–Kier alpha value is -2.18. The van der Waals surface area contributed by atoms with Crippen molar-refractivity contribution in [3.63, 3.8) is 0 Å². The molecule has 0 unspecified atom stereocenters. The minimum absolute atomic E-state index is 0.420. The highest BCUT2D eigenvalue weighted by atomic mass is 15.5. The molecule has 1 aliphatic heterocycles. The molecule has 0 atom stereocenters. The Labute approximate surface area is 98.3 Å². The first-order chi connectivity index (χ1) is 8.31. The van der Waals surface area contributed by atoms with Crippen molar-refractivity contribution >= 4 is 11.8 Å². The number of aromatic nitrogens is 5. The van der Waals surface area contributed by atoms with Crippen LogP contribution in [0.5, 0.6) is 0 Å². The summed E-state index contributed by atoms with van der Waals surface area (Å²) in [5.41, 5.74) is 6.45. The van der Waals surface area contributed by atoms with Crippen LogP contribution in [0.15, 0.2) is 18.6 Å². The lowest BCUT2D eigenvalue weighted by atomic mass is 10.2. The van der Waals surface area contributed by atoms with E-state index in [4.69, 9.17) is 5.73 Å². The van der Waals surface area contributed by atoms with Crippen molar-refractivity contribution in [3.05, 3.63) is 24.2 Å². The third-order valence-corrected chi connectivity index (χ3v) is 2.71. The summed E-state index contributed by atoms with van der Waals surface area (Å²) in [5.74, 6) is 1.22. The molecule has 1 aliphatic rings. The fourth-order valence-corrected chi connectivity index (χ4v) is 1.66. The molecule has 0 radical (unpaired) electrons. The van der Waals surface area contributed by atoms with Gasteiger partial charge < -0.3 is 10.6 Å². The second-order valence-corrected chi connectivity index (χ2v) is 4.03. The van der Waals surface area contributed by atoms with Gasteiger partial charge in [0.1, 0.15) is 0 Å². The first-order valence-corrected chi connectivity index (χ1v) is 5.53. The summed E-state index contributed by atoms with van der Waals surface area (Å²) < 4.78 is 0. The van der Waals surface area contributed by atoms with Gasteiger partial charge in [0.15, 0.2) is 5.82 Å². The van der Waals surface area contributed by atoms with Crippen LogP contribution in [0.25, 0.3) is 0 Å². The first kappa shape index (κ1) is 10.0. The highest BCUT2D eigenvalue weighted by molar-refractivity contribution is 5.32. The zero-order valence-electron chi connectivity index (χ0n) is 9.32. The van der Waals surface area contributed by atoms with Crippen molar-refractivity contribution in [2.45, 2.75) is 13.0 Å². The first-order valence-electron chi connectivity index (χ1n) is 5.53. The average Bonchev–Trinajstić information content (AvgIpc) is 2.64. The lowest BCUT2D eigenvalue weighted by Gasteiger charge is -2.30. The third kappa shape index (κ3) is 2.03. The molecule has 17 heavy (non-hydrogen) atoms. The van der Waals surface area contributed by atoms with Gasteiger partial charge in [0, 0.05) is 31.0 Å². The standard InChI is InChI=1S/C10H13N7/c11-9-6-14-17(15-9)7-8-4-12-10(13-5-8)16-2-1-3-16/h4-6H,1-3,7H2,(H2,11,15). The summed E-state index contributed by atoms with van der Waals surface area (Å²) in [5, 5.41) is 8.02. The Balaban J connectivity index is 1.71. The van der Waals surface area contributed by atoms with Gasteiger partial charge in [-0.05, 0) is 6.42 Å². The van der Waals surface area contributed by atoms with E-state index >= 15 is 0 Å². The number of rotatable bonds is 3. The fraction of sp³-hybridized carbons (Fsp3) is 0.400.